The molecule has 1 aliphatic rings. The average molecular weight is 276 g/mol. The highest BCUT2D eigenvalue weighted by Gasteiger charge is 2.28. The van der Waals surface area contributed by atoms with Gasteiger partial charge in [-0.2, -0.15) is 0 Å². The molecule has 2 atom stereocenters. The van der Waals surface area contributed by atoms with E-state index in [0.29, 0.717) is 12.5 Å². The van der Waals surface area contributed by atoms with Gasteiger partial charge < -0.3 is 15.8 Å². The maximum atomic E-state index is 12.4. The van der Waals surface area contributed by atoms with Crippen LogP contribution in [0, 0.1) is 5.92 Å². The van der Waals surface area contributed by atoms with Crippen molar-refractivity contribution in [1.29, 1.82) is 0 Å². The highest BCUT2D eigenvalue weighted by molar-refractivity contribution is 5.82. The van der Waals surface area contributed by atoms with Crippen LogP contribution in [-0.4, -0.2) is 25.6 Å². The molecule has 0 aromatic heterocycles. The van der Waals surface area contributed by atoms with Crippen molar-refractivity contribution in [2.24, 2.45) is 11.7 Å². The van der Waals surface area contributed by atoms with E-state index < -0.39 is 6.10 Å². The lowest BCUT2D eigenvalue weighted by Gasteiger charge is -2.25. The van der Waals surface area contributed by atoms with Gasteiger partial charge in [-0.1, -0.05) is 43.2 Å². The molecule has 0 heterocycles. The summed E-state index contributed by atoms with van der Waals surface area (Å²) in [6.07, 6.45) is 4.23. The predicted molar refractivity (Wildman–Crippen MR) is 79.1 cm³/mol. The summed E-state index contributed by atoms with van der Waals surface area (Å²) in [6.45, 7) is 0.488. The Bertz CT molecular complexity index is 416. The second-order valence-electron chi connectivity index (χ2n) is 5.42. The monoisotopic (exact) mass is 276 g/mol. The number of carbonyl (C=O) groups excluding carboxylic acids is 1. The van der Waals surface area contributed by atoms with Crippen molar-refractivity contribution in [2.75, 3.05) is 13.7 Å². The fourth-order valence-electron chi connectivity index (χ4n) is 3.01. The summed E-state index contributed by atoms with van der Waals surface area (Å²) in [5, 5.41) is 3.07. The number of benzene rings is 1. The molecular weight excluding hydrogens is 252 g/mol. The second kappa shape index (κ2) is 7.41. The smallest absolute Gasteiger partial charge is 0.254 e. The van der Waals surface area contributed by atoms with Crippen LogP contribution < -0.4 is 11.1 Å². The Morgan fingerprint density at radius 2 is 2.00 bits per heavy atom. The minimum atomic E-state index is -0.563. The highest BCUT2D eigenvalue weighted by Crippen LogP contribution is 2.28. The fraction of sp³-hybridized carbons (Fsp3) is 0.562. The minimum absolute atomic E-state index is 0.0614. The number of ether oxygens (including phenoxy) is 1. The first-order chi connectivity index (χ1) is 9.76. The lowest BCUT2D eigenvalue weighted by Crippen LogP contribution is -2.46. The van der Waals surface area contributed by atoms with Crippen LogP contribution in [0.5, 0.6) is 0 Å². The van der Waals surface area contributed by atoms with E-state index in [9.17, 15) is 4.79 Å². The van der Waals surface area contributed by atoms with E-state index in [4.69, 9.17) is 10.5 Å². The van der Waals surface area contributed by atoms with Gasteiger partial charge in [0, 0.05) is 19.7 Å². The third-order valence-electron chi connectivity index (χ3n) is 4.13. The number of nitrogens with one attached hydrogen (secondary N) is 1. The van der Waals surface area contributed by atoms with Crippen LogP contribution in [0.4, 0.5) is 0 Å². The number of methoxy groups -OCH3 is 1. The lowest BCUT2D eigenvalue weighted by molar-refractivity contribution is -0.132. The van der Waals surface area contributed by atoms with Crippen molar-refractivity contribution < 1.29 is 9.53 Å². The minimum Gasteiger partial charge on any atom is -0.367 e. The van der Waals surface area contributed by atoms with Crippen molar-refractivity contribution in [3.63, 3.8) is 0 Å². The molecule has 0 bridgehead atoms. The largest absolute Gasteiger partial charge is 0.367 e. The molecular formula is C16H24N2O2. The van der Waals surface area contributed by atoms with Crippen LogP contribution in [0.3, 0.4) is 0 Å². The molecule has 110 valence electrons. The summed E-state index contributed by atoms with van der Waals surface area (Å²) in [5.74, 6) is 0.415. The van der Waals surface area contributed by atoms with Crippen molar-refractivity contribution in [1.82, 2.24) is 5.32 Å². The Labute approximate surface area is 120 Å². The summed E-state index contributed by atoms with van der Waals surface area (Å²) >= 11 is 0. The average Bonchev–Trinajstić information content (AvgIpc) is 3.00. The van der Waals surface area contributed by atoms with Crippen molar-refractivity contribution in [3.8, 4) is 0 Å². The van der Waals surface area contributed by atoms with E-state index >= 15 is 0 Å². The molecule has 20 heavy (non-hydrogen) atoms. The van der Waals surface area contributed by atoms with Crippen molar-refractivity contribution in [2.45, 2.75) is 37.8 Å². The van der Waals surface area contributed by atoms with Gasteiger partial charge in [0.2, 0.25) is 0 Å². The second-order valence-corrected chi connectivity index (χ2v) is 5.42. The number of carbonyl (C=O) groups is 1. The zero-order valence-electron chi connectivity index (χ0n) is 12.0. The maximum Gasteiger partial charge on any atom is 0.254 e. The third-order valence-corrected chi connectivity index (χ3v) is 4.13. The first-order valence-electron chi connectivity index (χ1n) is 7.34. The molecule has 1 aliphatic carbocycles. The molecule has 2 rings (SSSR count). The van der Waals surface area contributed by atoms with E-state index in [2.05, 4.69) is 5.32 Å². The number of hydrogen-bond acceptors (Lipinski definition) is 3. The SMILES string of the molecule is COC(C(=O)NC(CN)C1CCCC1)c1ccccc1. The molecule has 0 spiro atoms. The van der Waals surface area contributed by atoms with Gasteiger partial charge in [0.1, 0.15) is 0 Å². The number of amides is 1. The number of nitrogens with two attached hydrogens (primary N) is 1. The summed E-state index contributed by atoms with van der Waals surface area (Å²) in [5.41, 5.74) is 6.70. The molecule has 2 unspecified atom stereocenters. The predicted octanol–water partition coefficient (Wildman–Crippen LogP) is 2.01. The third kappa shape index (κ3) is 3.58. The van der Waals surface area contributed by atoms with Gasteiger partial charge in [-0.25, -0.2) is 0 Å². The number of rotatable bonds is 6. The lowest BCUT2D eigenvalue weighted by atomic mass is 9.97. The van der Waals surface area contributed by atoms with Crippen LogP contribution in [0.1, 0.15) is 37.4 Å². The van der Waals surface area contributed by atoms with Crippen LogP contribution in [-0.2, 0) is 9.53 Å². The quantitative estimate of drug-likeness (QED) is 0.835. The zero-order valence-corrected chi connectivity index (χ0v) is 12.0. The molecule has 1 saturated carbocycles. The molecule has 4 heteroatoms. The highest BCUT2D eigenvalue weighted by atomic mass is 16.5. The van der Waals surface area contributed by atoms with E-state index in [1.165, 1.54) is 12.8 Å². The molecule has 1 aromatic rings. The van der Waals surface area contributed by atoms with Crippen LogP contribution in [0.25, 0.3) is 0 Å². The number of hydrogen-bond donors (Lipinski definition) is 2. The molecule has 1 fully saturated rings. The Morgan fingerprint density at radius 3 is 2.55 bits per heavy atom. The van der Waals surface area contributed by atoms with Gasteiger partial charge in [0.25, 0.3) is 5.91 Å². The standard InChI is InChI=1S/C16H24N2O2/c1-20-15(13-9-3-2-4-10-13)16(19)18-14(11-17)12-7-5-6-8-12/h2-4,9-10,12,14-15H,5-8,11,17H2,1H3,(H,18,19). The Kier molecular flexibility index (Phi) is 5.56. The fourth-order valence-corrected chi connectivity index (χ4v) is 3.01. The Morgan fingerprint density at radius 1 is 1.35 bits per heavy atom. The first kappa shape index (κ1) is 15.0. The topological polar surface area (TPSA) is 64.3 Å². The van der Waals surface area contributed by atoms with Gasteiger partial charge in [0.05, 0.1) is 0 Å². The van der Waals surface area contributed by atoms with Crippen LogP contribution in [0.15, 0.2) is 30.3 Å². The summed E-state index contributed by atoms with van der Waals surface area (Å²) in [4.78, 5) is 12.4. The van der Waals surface area contributed by atoms with Gasteiger partial charge in [-0.15, -0.1) is 0 Å². The molecule has 1 aromatic carbocycles. The van der Waals surface area contributed by atoms with Crippen molar-refractivity contribution >= 4 is 5.91 Å². The van der Waals surface area contributed by atoms with Crippen LogP contribution >= 0.6 is 0 Å². The van der Waals surface area contributed by atoms with Gasteiger partial charge in [0.15, 0.2) is 6.10 Å². The Hall–Kier alpha value is -1.39. The first-order valence-corrected chi connectivity index (χ1v) is 7.34. The van der Waals surface area contributed by atoms with Gasteiger partial charge >= 0.3 is 0 Å². The van der Waals surface area contributed by atoms with E-state index in [-0.39, 0.29) is 11.9 Å². The summed E-state index contributed by atoms with van der Waals surface area (Å²) in [7, 11) is 1.56. The molecule has 3 N–H and O–H groups in total. The van der Waals surface area contributed by atoms with E-state index in [0.717, 1.165) is 18.4 Å². The normalized spacial score (nSPS) is 18.7. The zero-order chi connectivity index (χ0) is 14.4. The van der Waals surface area contributed by atoms with Crippen LogP contribution in [0.2, 0.25) is 0 Å². The molecule has 0 saturated heterocycles. The molecule has 0 aliphatic heterocycles. The van der Waals surface area contributed by atoms with E-state index in [1.807, 2.05) is 30.3 Å². The molecule has 1 amide bonds. The van der Waals surface area contributed by atoms with Gasteiger partial charge in [-0.05, 0) is 24.3 Å². The summed E-state index contributed by atoms with van der Waals surface area (Å²) in [6, 6.07) is 9.61. The van der Waals surface area contributed by atoms with Gasteiger partial charge in [-0.3, -0.25) is 4.79 Å². The molecule has 0 radical (unpaired) electrons. The maximum absolute atomic E-state index is 12.4. The molecule has 4 nitrogen and oxygen atoms in total. The Balaban J connectivity index is 2.01. The van der Waals surface area contributed by atoms with E-state index in [1.54, 1.807) is 7.11 Å². The van der Waals surface area contributed by atoms with Crippen molar-refractivity contribution in [3.05, 3.63) is 35.9 Å². The summed E-state index contributed by atoms with van der Waals surface area (Å²) < 4.78 is 5.35.